The first kappa shape index (κ1) is 12.2. The van der Waals surface area contributed by atoms with Crippen molar-refractivity contribution >= 4 is 0 Å². The standard InChI is InChI=1S/C7H10.C2H6.CH4/c1-7-5-3-2-4-6-7;1-2;/h2-3,6H,4-5H2,1H3;1-2H3;1H4. The van der Waals surface area contributed by atoms with Gasteiger partial charge >= 0.3 is 0 Å². The van der Waals surface area contributed by atoms with E-state index in [9.17, 15) is 0 Å². The van der Waals surface area contributed by atoms with Crippen molar-refractivity contribution in [3.63, 3.8) is 0 Å². The largest absolute Gasteiger partial charge is 0.0844 e. The highest BCUT2D eigenvalue weighted by Gasteiger charge is 1.87. The lowest BCUT2D eigenvalue weighted by Gasteiger charge is -1.98. The van der Waals surface area contributed by atoms with Crippen LogP contribution in [0.2, 0.25) is 0 Å². The van der Waals surface area contributed by atoms with Crippen LogP contribution in [0.3, 0.4) is 0 Å². The van der Waals surface area contributed by atoms with Gasteiger partial charge < -0.3 is 0 Å². The van der Waals surface area contributed by atoms with Crippen molar-refractivity contribution in [2.75, 3.05) is 0 Å². The normalized spacial score (nSPS) is 14.1. The van der Waals surface area contributed by atoms with E-state index in [0.29, 0.717) is 0 Å². The smallest absolute Gasteiger partial charge is 0.0141 e. The minimum absolute atomic E-state index is 0. The van der Waals surface area contributed by atoms with Crippen molar-refractivity contribution in [1.82, 2.24) is 0 Å². The summed E-state index contributed by atoms with van der Waals surface area (Å²) in [5, 5.41) is 0. The Morgan fingerprint density at radius 3 is 2.00 bits per heavy atom. The van der Waals surface area contributed by atoms with Crippen LogP contribution >= 0.6 is 0 Å². The molecule has 1 aliphatic rings. The summed E-state index contributed by atoms with van der Waals surface area (Å²) in [6, 6.07) is 0. The Bertz CT molecular complexity index is 107. The Hall–Kier alpha value is -0.520. The fourth-order valence-corrected chi connectivity index (χ4v) is 0.718. The third-order valence-electron chi connectivity index (χ3n) is 1.21. The van der Waals surface area contributed by atoms with Crippen LogP contribution in [0, 0.1) is 0 Å². The highest BCUT2D eigenvalue weighted by Crippen LogP contribution is 2.07. The molecule has 0 amide bonds. The zero-order valence-corrected chi connectivity index (χ0v) is 6.65. The summed E-state index contributed by atoms with van der Waals surface area (Å²) in [6.07, 6.45) is 8.99. The van der Waals surface area contributed by atoms with Gasteiger partial charge in [-0.15, -0.1) is 0 Å². The minimum Gasteiger partial charge on any atom is -0.0844 e. The Morgan fingerprint density at radius 1 is 1.20 bits per heavy atom. The predicted molar refractivity (Wildman–Crippen MR) is 50.2 cm³/mol. The molecule has 0 spiro atoms. The molecule has 60 valence electrons. The molecule has 0 heterocycles. The molecular weight excluding hydrogens is 120 g/mol. The average molecular weight is 140 g/mol. The first-order valence-corrected chi connectivity index (χ1v) is 3.70. The maximum Gasteiger partial charge on any atom is -0.0141 e. The summed E-state index contributed by atoms with van der Waals surface area (Å²) in [5.74, 6) is 0. The first-order chi connectivity index (χ1) is 4.39. The quantitative estimate of drug-likeness (QED) is 0.447. The molecule has 0 N–H and O–H groups in total. The zero-order valence-electron chi connectivity index (χ0n) is 6.65. The van der Waals surface area contributed by atoms with Crippen molar-refractivity contribution < 1.29 is 0 Å². The van der Waals surface area contributed by atoms with Gasteiger partial charge in [-0.1, -0.05) is 45.1 Å². The van der Waals surface area contributed by atoms with Gasteiger partial charge in [-0.3, -0.25) is 0 Å². The van der Waals surface area contributed by atoms with Crippen molar-refractivity contribution in [3.05, 3.63) is 23.8 Å². The van der Waals surface area contributed by atoms with Gasteiger partial charge in [-0.2, -0.15) is 0 Å². The molecule has 0 unspecified atom stereocenters. The lowest BCUT2D eigenvalue weighted by Crippen LogP contribution is -1.77. The Labute approximate surface area is 65.7 Å². The topological polar surface area (TPSA) is 0 Å². The lowest BCUT2D eigenvalue weighted by atomic mass is 10.1. The SMILES string of the molecule is C.CC.CC1=CCC=CC1. The second kappa shape index (κ2) is 8.48. The van der Waals surface area contributed by atoms with Crippen molar-refractivity contribution in [3.8, 4) is 0 Å². The van der Waals surface area contributed by atoms with Crippen molar-refractivity contribution in [1.29, 1.82) is 0 Å². The molecule has 1 rings (SSSR count). The highest BCUT2D eigenvalue weighted by atomic mass is 13.9. The number of hydrogen-bond donors (Lipinski definition) is 0. The highest BCUT2D eigenvalue weighted by molar-refractivity contribution is 5.11. The maximum absolute atomic E-state index is 2.26. The van der Waals surface area contributed by atoms with Gasteiger partial charge in [-0.05, 0) is 19.8 Å². The van der Waals surface area contributed by atoms with Gasteiger partial charge in [-0.25, -0.2) is 0 Å². The number of allylic oxidation sites excluding steroid dienone is 4. The molecule has 0 aromatic heterocycles. The molecule has 0 saturated heterocycles. The Kier molecular flexibility index (Phi) is 10.3. The van der Waals surface area contributed by atoms with E-state index in [1.807, 2.05) is 13.8 Å². The van der Waals surface area contributed by atoms with Crippen molar-refractivity contribution in [2.45, 2.75) is 41.0 Å². The van der Waals surface area contributed by atoms with Crippen LogP contribution in [0.1, 0.15) is 41.0 Å². The van der Waals surface area contributed by atoms with E-state index in [4.69, 9.17) is 0 Å². The molecule has 0 aliphatic heterocycles. The van der Waals surface area contributed by atoms with Gasteiger partial charge in [0.15, 0.2) is 0 Å². The zero-order chi connectivity index (χ0) is 7.11. The summed E-state index contributed by atoms with van der Waals surface area (Å²) in [7, 11) is 0. The summed E-state index contributed by atoms with van der Waals surface area (Å²) in [5.41, 5.74) is 1.50. The molecule has 0 fully saturated rings. The maximum atomic E-state index is 2.26. The molecule has 0 heteroatoms. The molecule has 1 aliphatic carbocycles. The molecule has 0 saturated carbocycles. The molecule has 0 aromatic carbocycles. The second-order valence-electron chi connectivity index (χ2n) is 1.96. The number of hydrogen-bond acceptors (Lipinski definition) is 0. The summed E-state index contributed by atoms with van der Waals surface area (Å²) < 4.78 is 0. The van der Waals surface area contributed by atoms with E-state index in [-0.39, 0.29) is 7.43 Å². The van der Waals surface area contributed by atoms with E-state index < -0.39 is 0 Å². The van der Waals surface area contributed by atoms with Crippen LogP contribution in [-0.2, 0) is 0 Å². The second-order valence-corrected chi connectivity index (χ2v) is 1.96. The van der Waals surface area contributed by atoms with Crippen LogP contribution in [0.5, 0.6) is 0 Å². The molecule has 10 heavy (non-hydrogen) atoms. The minimum atomic E-state index is 0. The molecule has 0 radical (unpaired) electrons. The van der Waals surface area contributed by atoms with Crippen LogP contribution in [-0.4, -0.2) is 0 Å². The van der Waals surface area contributed by atoms with Crippen LogP contribution in [0.15, 0.2) is 23.8 Å². The monoisotopic (exact) mass is 140 g/mol. The van der Waals surface area contributed by atoms with Crippen LogP contribution in [0.4, 0.5) is 0 Å². The van der Waals surface area contributed by atoms with Crippen LogP contribution in [0.25, 0.3) is 0 Å². The molecule has 0 nitrogen and oxygen atoms in total. The van der Waals surface area contributed by atoms with E-state index in [1.165, 1.54) is 12.0 Å². The van der Waals surface area contributed by atoms with Crippen LogP contribution < -0.4 is 0 Å². The Balaban J connectivity index is 0. The van der Waals surface area contributed by atoms with Gasteiger partial charge in [0.25, 0.3) is 0 Å². The Morgan fingerprint density at radius 2 is 1.80 bits per heavy atom. The lowest BCUT2D eigenvalue weighted by molar-refractivity contribution is 1.12. The van der Waals surface area contributed by atoms with Gasteiger partial charge in [0.1, 0.15) is 0 Å². The number of rotatable bonds is 0. The van der Waals surface area contributed by atoms with E-state index in [0.717, 1.165) is 6.42 Å². The van der Waals surface area contributed by atoms with Gasteiger partial charge in [0, 0.05) is 0 Å². The summed E-state index contributed by atoms with van der Waals surface area (Å²) >= 11 is 0. The summed E-state index contributed by atoms with van der Waals surface area (Å²) in [4.78, 5) is 0. The molecule has 0 aromatic rings. The van der Waals surface area contributed by atoms with E-state index in [1.54, 1.807) is 0 Å². The van der Waals surface area contributed by atoms with Gasteiger partial charge in [0.2, 0.25) is 0 Å². The third-order valence-corrected chi connectivity index (χ3v) is 1.21. The van der Waals surface area contributed by atoms with E-state index in [2.05, 4.69) is 25.2 Å². The fraction of sp³-hybridized carbons (Fsp3) is 0.600. The third kappa shape index (κ3) is 5.61. The fourth-order valence-electron chi connectivity index (χ4n) is 0.718. The average Bonchev–Trinajstić information content (AvgIpc) is 1.94. The van der Waals surface area contributed by atoms with Crippen molar-refractivity contribution in [2.24, 2.45) is 0 Å². The summed E-state index contributed by atoms with van der Waals surface area (Å²) in [6.45, 7) is 6.17. The van der Waals surface area contributed by atoms with Gasteiger partial charge in [0.05, 0.1) is 0 Å². The van der Waals surface area contributed by atoms with E-state index >= 15 is 0 Å². The predicted octanol–water partition coefficient (Wildman–Crippen LogP) is 3.95. The molecule has 0 bridgehead atoms. The first-order valence-electron chi connectivity index (χ1n) is 3.70. The molecular formula is C10H20. The molecule has 0 atom stereocenters.